The number of ketones is 2. The van der Waals surface area contributed by atoms with Crippen molar-refractivity contribution in [2.75, 3.05) is 0 Å². The predicted octanol–water partition coefficient (Wildman–Crippen LogP) is 2.26. The van der Waals surface area contributed by atoms with E-state index < -0.39 is 12.1 Å². The van der Waals surface area contributed by atoms with Crippen LogP contribution in [0.5, 0.6) is 0 Å². The van der Waals surface area contributed by atoms with Crippen molar-refractivity contribution in [3.05, 3.63) is 47.2 Å². The van der Waals surface area contributed by atoms with Gasteiger partial charge in [-0.15, -0.1) is 0 Å². The van der Waals surface area contributed by atoms with Crippen LogP contribution in [0.25, 0.3) is 0 Å². The molecule has 5 nitrogen and oxygen atoms in total. The summed E-state index contributed by atoms with van der Waals surface area (Å²) >= 11 is 0. The number of benzene rings is 1. The third kappa shape index (κ3) is 3.21. The molecule has 0 radical (unpaired) electrons. The summed E-state index contributed by atoms with van der Waals surface area (Å²) in [6.45, 7) is 0.244. The highest BCUT2D eigenvalue weighted by Gasteiger charge is 2.43. The van der Waals surface area contributed by atoms with E-state index in [1.165, 1.54) is 0 Å². The molecular weight excluding hydrogens is 294 g/mol. The molecule has 2 aliphatic carbocycles. The molecule has 0 bridgehead atoms. The maximum Gasteiger partial charge on any atom is 0.166 e. The molecular formula is C18H21NO4. The van der Waals surface area contributed by atoms with Gasteiger partial charge in [0.25, 0.3) is 0 Å². The number of fused-ring (bicyclic) bond motifs is 1. The number of carbonyl (C=O) groups excluding carboxylic acids is 2. The molecule has 3 atom stereocenters. The number of ether oxygens (including phenoxy) is 1. The van der Waals surface area contributed by atoms with Crippen molar-refractivity contribution < 1.29 is 19.4 Å². The average Bonchev–Trinajstić information content (AvgIpc) is 2.53. The summed E-state index contributed by atoms with van der Waals surface area (Å²) < 4.78 is 5.55. The molecule has 0 aliphatic heterocycles. The van der Waals surface area contributed by atoms with Crippen LogP contribution < -0.4 is 5.73 Å². The minimum Gasteiger partial charge on any atom is -0.511 e. The number of hydrogen-bond donors (Lipinski definition) is 2. The van der Waals surface area contributed by atoms with Crippen molar-refractivity contribution in [3.63, 3.8) is 0 Å². The van der Waals surface area contributed by atoms with E-state index in [0.29, 0.717) is 6.42 Å². The third-order valence-corrected chi connectivity index (χ3v) is 4.69. The van der Waals surface area contributed by atoms with E-state index in [4.69, 9.17) is 10.5 Å². The van der Waals surface area contributed by atoms with E-state index in [-0.39, 0.29) is 41.8 Å². The lowest BCUT2D eigenvalue weighted by atomic mass is 9.70. The number of nitrogens with two attached hydrogens (primary N) is 1. The second-order valence-electron chi connectivity index (χ2n) is 6.24. The van der Waals surface area contributed by atoms with Gasteiger partial charge in [-0.05, 0) is 24.3 Å². The molecule has 2 aliphatic rings. The van der Waals surface area contributed by atoms with Gasteiger partial charge in [0.15, 0.2) is 5.78 Å². The van der Waals surface area contributed by atoms with E-state index >= 15 is 0 Å². The van der Waals surface area contributed by atoms with Crippen molar-refractivity contribution in [2.24, 2.45) is 17.6 Å². The Kier molecular flexibility index (Phi) is 4.59. The molecule has 0 heterocycles. The van der Waals surface area contributed by atoms with Crippen LogP contribution in [0.2, 0.25) is 0 Å². The van der Waals surface area contributed by atoms with Gasteiger partial charge in [-0.25, -0.2) is 0 Å². The summed E-state index contributed by atoms with van der Waals surface area (Å²) in [5.41, 5.74) is 6.97. The maximum atomic E-state index is 12.3. The second kappa shape index (κ2) is 6.64. The van der Waals surface area contributed by atoms with Crippen molar-refractivity contribution in [3.8, 4) is 0 Å². The first-order chi connectivity index (χ1) is 11.1. The van der Waals surface area contributed by atoms with Gasteiger partial charge in [-0.3, -0.25) is 9.59 Å². The summed E-state index contributed by atoms with van der Waals surface area (Å²) in [6.07, 6.45) is 1.27. The van der Waals surface area contributed by atoms with E-state index in [9.17, 15) is 14.7 Å². The summed E-state index contributed by atoms with van der Waals surface area (Å²) in [7, 11) is 0. The second-order valence-corrected chi connectivity index (χ2v) is 6.24. The highest BCUT2D eigenvalue weighted by molar-refractivity contribution is 6.00. The smallest absolute Gasteiger partial charge is 0.166 e. The molecule has 0 saturated heterocycles. The number of carbonyl (C=O) groups is 2. The van der Waals surface area contributed by atoms with Crippen LogP contribution in [0.3, 0.4) is 0 Å². The molecule has 1 aromatic rings. The van der Waals surface area contributed by atoms with Crippen molar-refractivity contribution in [1.29, 1.82) is 0 Å². The zero-order valence-electron chi connectivity index (χ0n) is 12.9. The zero-order valence-corrected chi connectivity index (χ0v) is 12.9. The predicted molar refractivity (Wildman–Crippen MR) is 84.3 cm³/mol. The summed E-state index contributed by atoms with van der Waals surface area (Å²) in [6, 6.07) is 9.46. The standard InChI is InChI=1S/C18H21NO4/c19-18(23-10-11-5-2-1-3-6-11)16-14(21)9-12-7-4-8-13(20)15(12)17(16)22/h1-3,5-6,12,15,18,22H,4,7-10,19H2. The average molecular weight is 315 g/mol. The van der Waals surface area contributed by atoms with Gasteiger partial charge in [0.05, 0.1) is 18.1 Å². The monoisotopic (exact) mass is 315 g/mol. The molecule has 1 saturated carbocycles. The highest BCUT2D eigenvalue weighted by Crippen LogP contribution is 2.40. The molecule has 0 amide bonds. The Balaban J connectivity index is 1.77. The van der Waals surface area contributed by atoms with Gasteiger partial charge in [0.2, 0.25) is 0 Å². The van der Waals surface area contributed by atoms with Gasteiger partial charge < -0.3 is 15.6 Å². The van der Waals surface area contributed by atoms with Crippen LogP contribution in [0.15, 0.2) is 41.7 Å². The Morgan fingerprint density at radius 3 is 2.74 bits per heavy atom. The molecule has 5 heteroatoms. The van der Waals surface area contributed by atoms with E-state index in [2.05, 4.69) is 0 Å². The largest absolute Gasteiger partial charge is 0.511 e. The molecule has 3 rings (SSSR count). The lowest BCUT2D eigenvalue weighted by Crippen LogP contribution is -2.42. The lowest BCUT2D eigenvalue weighted by molar-refractivity contribution is -0.129. The van der Waals surface area contributed by atoms with Gasteiger partial charge in [-0.1, -0.05) is 30.3 Å². The van der Waals surface area contributed by atoms with Crippen molar-refractivity contribution in [2.45, 2.75) is 38.5 Å². The number of aliphatic hydroxyl groups excluding tert-OH is 1. The van der Waals surface area contributed by atoms with E-state index in [0.717, 1.165) is 18.4 Å². The lowest BCUT2D eigenvalue weighted by Gasteiger charge is -2.35. The molecule has 1 aromatic carbocycles. The Hall–Kier alpha value is -1.98. The summed E-state index contributed by atoms with van der Waals surface area (Å²) in [5, 5.41) is 10.5. The molecule has 0 spiro atoms. The Morgan fingerprint density at radius 2 is 2.00 bits per heavy atom. The normalized spacial score (nSPS) is 26.1. The molecule has 23 heavy (non-hydrogen) atoms. The Bertz CT molecular complexity index is 638. The molecule has 0 aromatic heterocycles. The fraction of sp³-hybridized carbons (Fsp3) is 0.444. The summed E-state index contributed by atoms with van der Waals surface area (Å²) in [5.74, 6) is -1.05. The van der Waals surface area contributed by atoms with Crippen LogP contribution in [-0.4, -0.2) is 22.9 Å². The minimum atomic E-state index is -1.02. The Morgan fingerprint density at radius 1 is 1.26 bits per heavy atom. The molecule has 3 unspecified atom stereocenters. The number of allylic oxidation sites excluding steroid dienone is 1. The number of aliphatic hydroxyl groups is 1. The van der Waals surface area contributed by atoms with Gasteiger partial charge in [0.1, 0.15) is 17.8 Å². The highest BCUT2D eigenvalue weighted by atomic mass is 16.5. The Labute approximate surface area is 135 Å². The van der Waals surface area contributed by atoms with E-state index in [1.54, 1.807) is 0 Å². The topological polar surface area (TPSA) is 89.6 Å². The van der Waals surface area contributed by atoms with Crippen LogP contribution in [0, 0.1) is 11.8 Å². The van der Waals surface area contributed by atoms with Gasteiger partial charge in [0, 0.05) is 12.8 Å². The third-order valence-electron chi connectivity index (χ3n) is 4.69. The number of rotatable bonds is 4. The molecule has 122 valence electrons. The van der Waals surface area contributed by atoms with Crippen LogP contribution in [-0.2, 0) is 20.9 Å². The van der Waals surface area contributed by atoms with Crippen LogP contribution in [0.4, 0.5) is 0 Å². The van der Waals surface area contributed by atoms with E-state index in [1.807, 2.05) is 30.3 Å². The fourth-order valence-corrected chi connectivity index (χ4v) is 3.53. The quantitative estimate of drug-likeness (QED) is 0.832. The maximum absolute atomic E-state index is 12.3. The number of Topliss-reactive ketones (excluding diaryl/α,β-unsaturated/α-hetero) is 2. The van der Waals surface area contributed by atoms with Crippen LogP contribution >= 0.6 is 0 Å². The zero-order chi connectivity index (χ0) is 16.4. The number of hydrogen-bond acceptors (Lipinski definition) is 5. The first kappa shape index (κ1) is 15.9. The SMILES string of the molecule is NC(OCc1ccccc1)C1=C(O)C2C(=O)CCCC2CC1=O. The van der Waals surface area contributed by atoms with Gasteiger partial charge >= 0.3 is 0 Å². The van der Waals surface area contributed by atoms with Crippen molar-refractivity contribution in [1.82, 2.24) is 0 Å². The molecule has 1 fully saturated rings. The first-order valence-corrected chi connectivity index (χ1v) is 7.98. The van der Waals surface area contributed by atoms with Gasteiger partial charge in [-0.2, -0.15) is 0 Å². The van der Waals surface area contributed by atoms with Crippen LogP contribution in [0.1, 0.15) is 31.2 Å². The minimum absolute atomic E-state index is 0.000917. The molecule has 3 N–H and O–H groups in total. The fourth-order valence-electron chi connectivity index (χ4n) is 3.53. The summed E-state index contributed by atoms with van der Waals surface area (Å²) in [4.78, 5) is 24.4. The first-order valence-electron chi connectivity index (χ1n) is 7.98. The van der Waals surface area contributed by atoms with Crippen molar-refractivity contribution >= 4 is 11.6 Å².